The first-order valence-corrected chi connectivity index (χ1v) is 9.75. The van der Waals surface area contributed by atoms with Gasteiger partial charge in [0, 0.05) is 11.6 Å². The van der Waals surface area contributed by atoms with Gasteiger partial charge in [0.1, 0.15) is 0 Å². The van der Waals surface area contributed by atoms with Gasteiger partial charge in [-0.3, -0.25) is 0 Å². The molecule has 0 bridgehead atoms. The zero-order valence-electron chi connectivity index (χ0n) is 14.0. The summed E-state index contributed by atoms with van der Waals surface area (Å²) >= 11 is -1.51. The Bertz CT molecular complexity index is 486. The van der Waals surface area contributed by atoms with Crippen LogP contribution in [0.2, 0.25) is 0 Å². The van der Waals surface area contributed by atoms with Crippen LogP contribution in [0.25, 0.3) is 0 Å². The van der Waals surface area contributed by atoms with Gasteiger partial charge in [0.15, 0.2) is 0 Å². The third-order valence-electron chi connectivity index (χ3n) is 4.18. The summed E-state index contributed by atoms with van der Waals surface area (Å²) in [6.45, 7) is 11.0. The second-order valence-corrected chi connectivity index (χ2v) is 8.51. The maximum atomic E-state index is 14.0. The smallest absolute Gasteiger partial charge is 0.400 e. The number of rotatable bonds is 5. The lowest BCUT2D eigenvalue weighted by Crippen LogP contribution is -2.41. The summed E-state index contributed by atoms with van der Waals surface area (Å²) in [5.74, 6) is 0. The standard InChI is InChI=1S/C15H25BF2INO2/c1-8-11(15(17,18)19-7)9-12(10(2)20)16-21-13(3,4)14(5,6)22-16/h8-10H,7,20H2,1-6H3/b11-8+,12-9+. The largest absolute Gasteiger partial charge is 0.492 e. The first kappa shape index (κ1) is 19.9. The van der Waals surface area contributed by atoms with E-state index in [9.17, 15) is 8.78 Å². The normalized spacial score (nSPS) is 23.8. The van der Waals surface area contributed by atoms with Gasteiger partial charge in [-0.15, -0.1) is 0 Å². The molecule has 1 atom stereocenters. The summed E-state index contributed by atoms with van der Waals surface area (Å²) in [4.78, 5) is 0. The topological polar surface area (TPSA) is 44.5 Å². The Morgan fingerprint density at radius 2 is 1.73 bits per heavy atom. The summed E-state index contributed by atoms with van der Waals surface area (Å²) in [5.41, 5.74) is 5.34. The molecule has 0 aromatic carbocycles. The summed E-state index contributed by atoms with van der Waals surface area (Å²) in [7, 11) is -0.723. The van der Waals surface area contributed by atoms with Crippen molar-refractivity contribution < 1.29 is 18.1 Å². The van der Waals surface area contributed by atoms with E-state index in [4.69, 9.17) is 15.0 Å². The molecule has 1 heterocycles. The van der Waals surface area contributed by atoms with Crippen LogP contribution in [0.3, 0.4) is 0 Å². The second kappa shape index (κ2) is 6.79. The third-order valence-corrected chi connectivity index (χ3v) is 5.76. The molecule has 0 amide bonds. The van der Waals surface area contributed by atoms with Gasteiger partial charge in [0.2, 0.25) is 0 Å². The SMILES string of the molecule is C=IC(F)(F)C(/C=C(/B1OC(C)(C)C(C)(C)O1)C(C)N)=C/C. The fourth-order valence-electron chi connectivity index (χ4n) is 1.98. The van der Waals surface area contributed by atoms with E-state index in [1.165, 1.54) is 12.2 Å². The van der Waals surface area contributed by atoms with Crippen LogP contribution in [0.15, 0.2) is 23.2 Å². The molecule has 0 saturated carbocycles. The number of nitrogens with two attached hydrogens (primary N) is 1. The average molecular weight is 427 g/mol. The molecule has 0 spiro atoms. The van der Waals surface area contributed by atoms with Gasteiger partial charge in [0.25, 0.3) is 0 Å². The van der Waals surface area contributed by atoms with E-state index in [0.29, 0.717) is 5.47 Å². The highest BCUT2D eigenvalue weighted by Gasteiger charge is 2.53. The highest BCUT2D eigenvalue weighted by molar-refractivity contribution is 14.2. The number of alkyl halides is 3. The molecule has 1 rings (SSSR count). The van der Waals surface area contributed by atoms with Crippen molar-refractivity contribution in [3.63, 3.8) is 0 Å². The zero-order chi connectivity index (χ0) is 17.3. The van der Waals surface area contributed by atoms with Gasteiger partial charge in [-0.05, 0) is 67.7 Å². The minimum atomic E-state index is -2.89. The maximum absolute atomic E-state index is 14.0. The van der Waals surface area contributed by atoms with E-state index in [-0.39, 0.29) is 5.57 Å². The molecule has 1 aliphatic rings. The molecule has 126 valence electrons. The van der Waals surface area contributed by atoms with Crippen molar-refractivity contribution in [3.8, 4) is 0 Å². The number of hydrogen-bond donors (Lipinski definition) is 1. The minimum Gasteiger partial charge on any atom is -0.400 e. The van der Waals surface area contributed by atoms with Crippen LogP contribution in [-0.2, 0) is 9.31 Å². The van der Waals surface area contributed by atoms with E-state index in [1.807, 2.05) is 27.7 Å². The van der Waals surface area contributed by atoms with Crippen LogP contribution in [0.4, 0.5) is 8.78 Å². The molecule has 1 aliphatic heterocycles. The van der Waals surface area contributed by atoms with Crippen molar-refractivity contribution in [2.24, 2.45) is 5.73 Å². The van der Waals surface area contributed by atoms with Gasteiger partial charge < -0.3 is 15.0 Å². The Labute approximate surface area is 142 Å². The Kier molecular flexibility index (Phi) is 6.15. The van der Waals surface area contributed by atoms with Crippen molar-refractivity contribution in [2.45, 2.75) is 62.7 Å². The average Bonchev–Trinajstić information content (AvgIpc) is 2.58. The van der Waals surface area contributed by atoms with Gasteiger partial charge in [-0.1, -0.05) is 16.7 Å². The molecule has 1 unspecified atom stereocenters. The summed E-state index contributed by atoms with van der Waals surface area (Å²) in [6, 6.07) is -0.455. The molecule has 1 fully saturated rings. The Morgan fingerprint density at radius 3 is 2.05 bits per heavy atom. The number of hydrogen-bond acceptors (Lipinski definition) is 3. The Balaban J connectivity index is 3.22. The van der Waals surface area contributed by atoms with E-state index in [0.717, 1.165) is 0 Å². The fourth-order valence-corrected chi connectivity index (χ4v) is 2.89. The van der Waals surface area contributed by atoms with Crippen LogP contribution in [-0.4, -0.2) is 32.8 Å². The zero-order valence-corrected chi connectivity index (χ0v) is 16.2. The van der Waals surface area contributed by atoms with Crippen molar-refractivity contribution in [2.75, 3.05) is 0 Å². The minimum absolute atomic E-state index is 0.0719. The monoisotopic (exact) mass is 427 g/mol. The highest BCUT2D eigenvalue weighted by atomic mass is 127. The summed E-state index contributed by atoms with van der Waals surface area (Å²) in [6.07, 6.45) is 2.82. The van der Waals surface area contributed by atoms with E-state index >= 15 is 0 Å². The summed E-state index contributed by atoms with van der Waals surface area (Å²) < 4.78 is 40.4. The Hall–Kier alpha value is -0.115. The van der Waals surface area contributed by atoms with Crippen molar-refractivity contribution in [3.05, 3.63) is 23.2 Å². The van der Waals surface area contributed by atoms with Crippen molar-refractivity contribution >= 4 is 32.4 Å². The quantitative estimate of drug-likeness (QED) is 0.314. The predicted molar refractivity (Wildman–Crippen MR) is 97.7 cm³/mol. The molecule has 7 heteroatoms. The molecular formula is C15H25BF2INO2. The Morgan fingerprint density at radius 1 is 1.27 bits per heavy atom. The van der Waals surface area contributed by atoms with E-state index in [1.54, 1.807) is 13.8 Å². The number of allylic oxidation sites excluding steroid dienone is 3. The first-order chi connectivity index (χ1) is 9.88. The molecule has 0 radical (unpaired) electrons. The third kappa shape index (κ3) is 4.04. The second-order valence-electron chi connectivity index (χ2n) is 6.40. The van der Waals surface area contributed by atoms with Crippen LogP contribution in [0.1, 0.15) is 41.5 Å². The molecule has 22 heavy (non-hydrogen) atoms. The lowest BCUT2D eigenvalue weighted by Gasteiger charge is -2.32. The molecule has 0 aromatic heterocycles. The van der Waals surface area contributed by atoms with Gasteiger partial charge in [0.05, 0.1) is 11.2 Å². The van der Waals surface area contributed by atoms with Crippen LogP contribution in [0.5, 0.6) is 0 Å². The van der Waals surface area contributed by atoms with Crippen LogP contribution in [0, 0.1) is 0 Å². The molecule has 0 aliphatic carbocycles. The lowest BCUT2D eigenvalue weighted by molar-refractivity contribution is 0.00578. The van der Waals surface area contributed by atoms with Gasteiger partial charge in [-0.2, -0.15) is 8.78 Å². The summed E-state index contributed by atoms with van der Waals surface area (Å²) in [5, 5.41) is 0. The van der Waals surface area contributed by atoms with Crippen molar-refractivity contribution in [1.82, 2.24) is 0 Å². The van der Waals surface area contributed by atoms with Crippen LogP contribution >= 0.6 is 20.7 Å². The molecule has 3 nitrogen and oxygen atoms in total. The first-order valence-electron chi connectivity index (χ1n) is 7.15. The maximum Gasteiger partial charge on any atom is 0.492 e. The molecule has 0 aromatic rings. The fraction of sp³-hybridized carbons (Fsp3) is 0.667. The van der Waals surface area contributed by atoms with Gasteiger partial charge >= 0.3 is 11.0 Å². The van der Waals surface area contributed by atoms with Crippen LogP contribution < -0.4 is 5.73 Å². The van der Waals surface area contributed by atoms with Gasteiger partial charge in [-0.25, -0.2) is 0 Å². The predicted octanol–water partition coefficient (Wildman–Crippen LogP) is 3.83. The van der Waals surface area contributed by atoms with E-state index in [2.05, 4.69) is 4.51 Å². The number of halogens is 3. The molecule has 1 saturated heterocycles. The molecule has 2 N–H and O–H groups in total. The lowest BCUT2D eigenvalue weighted by atomic mass is 9.73. The van der Waals surface area contributed by atoms with Crippen molar-refractivity contribution in [1.29, 1.82) is 0 Å². The molecular weight excluding hydrogens is 402 g/mol. The highest BCUT2D eigenvalue weighted by Crippen LogP contribution is 2.41. The van der Waals surface area contributed by atoms with E-state index < -0.39 is 49.0 Å².